The molecule has 0 spiro atoms. The van der Waals surface area contributed by atoms with E-state index in [4.69, 9.17) is 11.6 Å². The Morgan fingerprint density at radius 3 is 2.74 bits per heavy atom. The zero-order valence-electron chi connectivity index (χ0n) is 10.8. The number of aryl methyl sites for hydroxylation is 1. The lowest BCUT2D eigenvalue weighted by atomic mass is 10.3. The van der Waals surface area contributed by atoms with E-state index in [1.807, 2.05) is 0 Å². The second-order valence-corrected chi connectivity index (χ2v) is 8.16. The van der Waals surface area contributed by atoms with E-state index in [-0.39, 0.29) is 4.21 Å². The normalized spacial score (nSPS) is 17.8. The standard InChI is InChI=1S/C11H18ClN3O2S2/c1-9-8-10(18-11(9)12)19(16,17)14-4-7-15-5-2-13-3-6-15/h8,13-14H,2-7H2,1H3. The highest BCUT2D eigenvalue weighted by Gasteiger charge is 2.18. The molecule has 0 bridgehead atoms. The number of hydrogen-bond donors (Lipinski definition) is 2. The number of thiophene rings is 1. The van der Waals surface area contributed by atoms with E-state index in [0.717, 1.165) is 49.6 Å². The minimum atomic E-state index is -3.42. The van der Waals surface area contributed by atoms with Crippen molar-refractivity contribution >= 4 is 33.0 Å². The first-order valence-electron chi connectivity index (χ1n) is 6.18. The predicted octanol–water partition coefficient (Wildman–Crippen LogP) is 0.893. The van der Waals surface area contributed by atoms with Crippen molar-refractivity contribution in [2.75, 3.05) is 39.3 Å². The van der Waals surface area contributed by atoms with Gasteiger partial charge in [0, 0.05) is 39.3 Å². The molecule has 1 aromatic rings. The van der Waals surface area contributed by atoms with Crippen LogP contribution in [-0.4, -0.2) is 52.6 Å². The molecule has 0 amide bonds. The summed E-state index contributed by atoms with van der Waals surface area (Å²) in [6, 6.07) is 1.61. The van der Waals surface area contributed by atoms with Gasteiger partial charge in [0.25, 0.3) is 0 Å². The van der Waals surface area contributed by atoms with Crippen molar-refractivity contribution in [3.8, 4) is 0 Å². The highest BCUT2D eigenvalue weighted by molar-refractivity contribution is 7.91. The third-order valence-corrected chi connectivity index (χ3v) is 6.52. The van der Waals surface area contributed by atoms with E-state index in [9.17, 15) is 8.42 Å². The van der Waals surface area contributed by atoms with Gasteiger partial charge in [-0.05, 0) is 18.6 Å². The smallest absolute Gasteiger partial charge is 0.250 e. The number of rotatable bonds is 5. The first kappa shape index (κ1) is 15.2. The monoisotopic (exact) mass is 323 g/mol. The van der Waals surface area contributed by atoms with Crippen molar-refractivity contribution in [3.63, 3.8) is 0 Å². The molecule has 0 saturated carbocycles. The van der Waals surface area contributed by atoms with Crippen LogP contribution in [0.2, 0.25) is 4.34 Å². The molecule has 1 aliphatic rings. The van der Waals surface area contributed by atoms with E-state index in [2.05, 4.69) is 14.9 Å². The van der Waals surface area contributed by atoms with Gasteiger partial charge in [-0.1, -0.05) is 11.6 Å². The Balaban J connectivity index is 1.87. The summed E-state index contributed by atoms with van der Waals surface area (Å²) in [5, 5.41) is 3.26. The Labute approximate surface area is 123 Å². The fraction of sp³-hybridized carbons (Fsp3) is 0.636. The molecule has 8 heteroatoms. The molecule has 0 aromatic carbocycles. The molecular weight excluding hydrogens is 306 g/mol. The van der Waals surface area contributed by atoms with Gasteiger partial charge in [0.2, 0.25) is 10.0 Å². The highest BCUT2D eigenvalue weighted by Crippen LogP contribution is 2.29. The Hall–Kier alpha value is -0.180. The number of halogens is 1. The van der Waals surface area contributed by atoms with Gasteiger partial charge in [-0.25, -0.2) is 13.1 Å². The summed E-state index contributed by atoms with van der Waals surface area (Å²) in [4.78, 5) is 2.24. The molecule has 2 N–H and O–H groups in total. The third kappa shape index (κ3) is 4.14. The molecule has 0 unspecified atom stereocenters. The molecule has 2 heterocycles. The van der Waals surface area contributed by atoms with Crippen molar-refractivity contribution < 1.29 is 8.42 Å². The predicted molar refractivity (Wildman–Crippen MR) is 78.6 cm³/mol. The SMILES string of the molecule is Cc1cc(S(=O)(=O)NCCN2CCNCC2)sc1Cl. The van der Waals surface area contributed by atoms with E-state index in [1.54, 1.807) is 13.0 Å². The van der Waals surface area contributed by atoms with Crippen molar-refractivity contribution in [2.45, 2.75) is 11.1 Å². The van der Waals surface area contributed by atoms with E-state index < -0.39 is 10.0 Å². The first-order chi connectivity index (χ1) is 8.99. The molecule has 2 rings (SSSR count). The zero-order chi connectivity index (χ0) is 13.9. The van der Waals surface area contributed by atoms with Crippen LogP contribution in [0.4, 0.5) is 0 Å². The number of nitrogens with zero attached hydrogens (tertiary/aromatic N) is 1. The Morgan fingerprint density at radius 1 is 1.47 bits per heavy atom. The fourth-order valence-corrected chi connectivity index (χ4v) is 4.68. The number of sulfonamides is 1. The maximum Gasteiger partial charge on any atom is 0.250 e. The summed E-state index contributed by atoms with van der Waals surface area (Å²) >= 11 is 7.00. The van der Waals surface area contributed by atoms with Crippen LogP contribution in [0.25, 0.3) is 0 Å². The lowest BCUT2D eigenvalue weighted by Gasteiger charge is -2.26. The third-order valence-electron chi connectivity index (χ3n) is 3.03. The van der Waals surface area contributed by atoms with Gasteiger partial charge in [-0.15, -0.1) is 11.3 Å². The Bertz CT molecular complexity index is 505. The number of nitrogens with one attached hydrogen (secondary N) is 2. The van der Waals surface area contributed by atoms with E-state index in [1.165, 1.54) is 0 Å². The van der Waals surface area contributed by atoms with Crippen molar-refractivity contribution in [2.24, 2.45) is 0 Å². The summed E-state index contributed by atoms with van der Waals surface area (Å²) in [6.07, 6.45) is 0. The molecule has 1 saturated heterocycles. The molecular formula is C11H18ClN3O2S2. The average molecular weight is 324 g/mol. The minimum Gasteiger partial charge on any atom is -0.314 e. The summed E-state index contributed by atoms with van der Waals surface area (Å²) in [5.41, 5.74) is 0.800. The molecule has 19 heavy (non-hydrogen) atoms. The maximum absolute atomic E-state index is 12.0. The van der Waals surface area contributed by atoms with Crippen LogP contribution in [-0.2, 0) is 10.0 Å². The summed E-state index contributed by atoms with van der Waals surface area (Å²) in [7, 11) is -3.42. The lowest BCUT2D eigenvalue weighted by molar-refractivity contribution is 0.245. The molecule has 0 aliphatic carbocycles. The van der Waals surface area contributed by atoms with Crippen LogP contribution >= 0.6 is 22.9 Å². The molecule has 108 valence electrons. The topological polar surface area (TPSA) is 61.4 Å². The zero-order valence-corrected chi connectivity index (χ0v) is 13.2. The van der Waals surface area contributed by atoms with Gasteiger partial charge < -0.3 is 5.32 Å². The molecule has 1 fully saturated rings. The summed E-state index contributed by atoms with van der Waals surface area (Å²) in [5.74, 6) is 0. The molecule has 5 nitrogen and oxygen atoms in total. The number of hydrogen-bond acceptors (Lipinski definition) is 5. The second kappa shape index (κ2) is 6.51. The van der Waals surface area contributed by atoms with Gasteiger partial charge in [-0.3, -0.25) is 4.90 Å². The molecule has 0 radical (unpaired) electrons. The molecule has 1 aliphatic heterocycles. The van der Waals surface area contributed by atoms with E-state index in [0.29, 0.717) is 10.9 Å². The Kier molecular flexibility index (Phi) is 5.22. The van der Waals surface area contributed by atoms with Crippen LogP contribution in [0.5, 0.6) is 0 Å². The molecule has 0 atom stereocenters. The van der Waals surface area contributed by atoms with Crippen LogP contribution in [0.3, 0.4) is 0 Å². The summed E-state index contributed by atoms with van der Waals surface area (Å²) < 4.78 is 27.5. The van der Waals surface area contributed by atoms with Gasteiger partial charge in [0.05, 0.1) is 4.34 Å². The van der Waals surface area contributed by atoms with Crippen molar-refractivity contribution in [3.05, 3.63) is 16.0 Å². The molecule has 1 aromatic heterocycles. The van der Waals surface area contributed by atoms with Gasteiger partial charge in [0.1, 0.15) is 4.21 Å². The average Bonchev–Trinajstić information content (AvgIpc) is 2.72. The minimum absolute atomic E-state index is 0.287. The Morgan fingerprint density at radius 2 is 2.16 bits per heavy atom. The van der Waals surface area contributed by atoms with Crippen LogP contribution < -0.4 is 10.0 Å². The maximum atomic E-state index is 12.0. The van der Waals surface area contributed by atoms with Crippen LogP contribution in [0, 0.1) is 6.92 Å². The van der Waals surface area contributed by atoms with Crippen LogP contribution in [0.15, 0.2) is 10.3 Å². The fourth-order valence-electron chi connectivity index (χ4n) is 1.91. The van der Waals surface area contributed by atoms with E-state index >= 15 is 0 Å². The summed E-state index contributed by atoms with van der Waals surface area (Å²) in [6.45, 7) is 6.82. The lowest BCUT2D eigenvalue weighted by Crippen LogP contribution is -2.46. The van der Waals surface area contributed by atoms with Crippen LogP contribution in [0.1, 0.15) is 5.56 Å². The van der Waals surface area contributed by atoms with Gasteiger partial charge in [-0.2, -0.15) is 0 Å². The highest BCUT2D eigenvalue weighted by atomic mass is 35.5. The van der Waals surface area contributed by atoms with Crippen molar-refractivity contribution in [1.29, 1.82) is 0 Å². The van der Waals surface area contributed by atoms with Gasteiger partial charge >= 0.3 is 0 Å². The first-order valence-corrected chi connectivity index (χ1v) is 8.85. The van der Waals surface area contributed by atoms with Gasteiger partial charge in [0.15, 0.2) is 0 Å². The second-order valence-electron chi connectivity index (χ2n) is 4.51. The quantitative estimate of drug-likeness (QED) is 0.845. The number of piperazine rings is 1. The van der Waals surface area contributed by atoms with Crippen molar-refractivity contribution in [1.82, 2.24) is 14.9 Å². The largest absolute Gasteiger partial charge is 0.314 e.